The molecule has 0 heterocycles. The van der Waals surface area contributed by atoms with Gasteiger partial charge in [-0.2, -0.15) is 0 Å². The number of nitrogen functional groups attached to an aromatic ring is 1. The van der Waals surface area contributed by atoms with Crippen molar-refractivity contribution < 1.29 is 9.84 Å². The molecule has 66 valence electrons. The molecule has 0 aliphatic rings. The second-order valence-electron chi connectivity index (χ2n) is 2.15. The molecule has 0 spiro atoms. The van der Waals surface area contributed by atoms with E-state index in [-0.39, 0.29) is 5.75 Å². The Hall–Kier alpha value is -0.940. The molecule has 12 heavy (non-hydrogen) atoms. The predicted molar refractivity (Wildman–Crippen MR) is 50.2 cm³/mol. The molecule has 0 aliphatic heterocycles. The molecule has 1 aromatic rings. The summed E-state index contributed by atoms with van der Waals surface area (Å²) in [6.45, 7) is 0. The van der Waals surface area contributed by atoms with Gasteiger partial charge in [-0.05, 0) is 22.0 Å². The standard InChI is InChI=1S/C7H9BrN2O2/c1-12-6-3-4(10-9)2-5(8)7(6)11/h2-3,10-11H,9H2,1H3. The Kier molecular flexibility index (Phi) is 2.78. The molecule has 0 saturated carbocycles. The predicted octanol–water partition coefficient (Wildman–Crippen LogP) is 1.45. The molecule has 1 aromatic carbocycles. The molecule has 0 bridgehead atoms. The van der Waals surface area contributed by atoms with E-state index in [0.717, 1.165) is 0 Å². The molecule has 0 saturated heterocycles. The van der Waals surface area contributed by atoms with Gasteiger partial charge in [0.2, 0.25) is 0 Å². The largest absolute Gasteiger partial charge is 0.503 e. The Morgan fingerprint density at radius 3 is 2.75 bits per heavy atom. The van der Waals surface area contributed by atoms with Gasteiger partial charge in [0.05, 0.1) is 17.3 Å². The Balaban J connectivity index is 3.19. The quantitative estimate of drug-likeness (QED) is 0.411. The first kappa shape index (κ1) is 9.15. The van der Waals surface area contributed by atoms with Crippen LogP contribution in [0, 0.1) is 0 Å². The number of hydrazine groups is 1. The zero-order valence-electron chi connectivity index (χ0n) is 6.47. The van der Waals surface area contributed by atoms with Gasteiger partial charge in [0.25, 0.3) is 0 Å². The highest BCUT2D eigenvalue weighted by molar-refractivity contribution is 9.10. The van der Waals surface area contributed by atoms with Gasteiger partial charge in [-0.1, -0.05) is 0 Å². The minimum atomic E-state index is 0.0662. The van der Waals surface area contributed by atoms with Crippen LogP contribution in [0.3, 0.4) is 0 Å². The van der Waals surface area contributed by atoms with Crippen molar-refractivity contribution in [1.82, 2.24) is 0 Å². The maximum Gasteiger partial charge on any atom is 0.172 e. The highest BCUT2D eigenvalue weighted by atomic mass is 79.9. The molecular weight excluding hydrogens is 224 g/mol. The average molecular weight is 233 g/mol. The normalized spacial score (nSPS) is 9.58. The van der Waals surface area contributed by atoms with E-state index in [0.29, 0.717) is 15.9 Å². The van der Waals surface area contributed by atoms with Crippen LogP contribution in [-0.4, -0.2) is 12.2 Å². The number of nitrogens with two attached hydrogens (primary N) is 1. The second kappa shape index (κ2) is 3.64. The zero-order chi connectivity index (χ0) is 9.14. The third-order valence-corrected chi connectivity index (χ3v) is 2.02. The molecule has 0 fully saturated rings. The van der Waals surface area contributed by atoms with Crippen molar-refractivity contribution >= 4 is 21.6 Å². The van der Waals surface area contributed by atoms with Gasteiger partial charge in [0.1, 0.15) is 0 Å². The summed E-state index contributed by atoms with van der Waals surface area (Å²) in [5.74, 6) is 5.62. The van der Waals surface area contributed by atoms with Crippen LogP contribution in [0.2, 0.25) is 0 Å². The first-order valence-electron chi connectivity index (χ1n) is 3.22. The number of ether oxygens (including phenoxy) is 1. The monoisotopic (exact) mass is 232 g/mol. The molecule has 0 amide bonds. The van der Waals surface area contributed by atoms with E-state index in [4.69, 9.17) is 10.6 Å². The van der Waals surface area contributed by atoms with Crippen LogP contribution >= 0.6 is 15.9 Å². The number of phenolic OH excluding ortho intramolecular Hbond substituents is 1. The fourth-order valence-electron chi connectivity index (χ4n) is 0.813. The topological polar surface area (TPSA) is 67.5 Å². The van der Waals surface area contributed by atoms with Crippen LogP contribution in [0.4, 0.5) is 5.69 Å². The first-order chi connectivity index (χ1) is 5.69. The van der Waals surface area contributed by atoms with E-state index < -0.39 is 0 Å². The highest BCUT2D eigenvalue weighted by Crippen LogP contribution is 2.36. The summed E-state index contributed by atoms with van der Waals surface area (Å²) < 4.78 is 5.43. The van der Waals surface area contributed by atoms with E-state index in [9.17, 15) is 5.11 Å². The second-order valence-corrected chi connectivity index (χ2v) is 3.01. The molecule has 0 radical (unpaired) electrons. The fraction of sp³-hybridized carbons (Fsp3) is 0.143. The molecule has 5 heteroatoms. The van der Waals surface area contributed by atoms with Crippen molar-refractivity contribution in [1.29, 1.82) is 0 Å². The maximum atomic E-state index is 9.38. The summed E-state index contributed by atoms with van der Waals surface area (Å²) in [5.41, 5.74) is 3.11. The summed E-state index contributed by atoms with van der Waals surface area (Å²) in [6, 6.07) is 3.25. The Bertz CT molecular complexity index is 291. The van der Waals surface area contributed by atoms with E-state index in [2.05, 4.69) is 21.4 Å². The van der Waals surface area contributed by atoms with Crippen molar-refractivity contribution in [2.45, 2.75) is 0 Å². The molecule has 0 unspecified atom stereocenters. The number of benzene rings is 1. The highest BCUT2D eigenvalue weighted by Gasteiger charge is 2.07. The molecule has 4 N–H and O–H groups in total. The lowest BCUT2D eigenvalue weighted by molar-refractivity contribution is 0.372. The third kappa shape index (κ3) is 1.62. The lowest BCUT2D eigenvalue weighted by Crippen LogP contribution is -2.06. The number of rotatable bonds is 2. The maximum absolute atomic E-state index is 9.38. The van der Waals surface area contributed by atoms with Crippen molar-refractivity contribution in [2.75, 3.05) is 12.5 Å². The number of hydrogen-bond acceptors (Lipinski definition) is 4. The Morgan fingerprint density at radius 2 is 2.25 bits per heavy atom. The van der Waals surface area contributed by atoms with Crippen LogP contribution in [0.1, 0.15) is 0 Å². The van der Waals surface area contributed by atoms with Crippen molar-refractivity contribution in [3.8, 4) is 11.5 Å². The number of methoxy groups -OCH3 is 1. The average Bonchev–Trinajstić information content (AvgIpc) is 2.09. The van der Waals surface area contributed by atoms with Crippen molar-refractivity contribution in [3.05, 3.63) is 16.6 Å². The smallest absolute Gasteiger partial charge is 0.172 e. The van der Waals surface area contributed by atoms with Crippen LogP contribution in [0.5, 0.6) is 11.5 Å². The number of aromatic hydroxyl groups is 1. The summed E-state index contributed by atoms with van der Waals surface area (Å²) in [6.07, 6.45) is 0. The number of anilines is 1. The molecule has 0 atom stereocenters. The Labute approximate surface area is 78.4 Å². The van der Waals surface area contributed by atoms with Crippen LogP contribution in [0.15, 0.2) is 16.6 Å². The summed E-state index contributed by atoms with van der Waals surface area (Å²) in [5, 5.41) is 9.38. The van der Waals surface area contributed by atoms with E-state index in [1.807, 2.05) is 0 Å². The number of nitrogens with one attached hydrogen (secondary N) is 1. The molecular formula is C7H9BrN2O2. The van der Waals surface area contributed by atoms with Crippen molar-refractivity contribution in [3.63, 3.8) is 0 Å². The van der Waals surface area contributed by atoms with Gasteiger partial charge < -0.3 is 15.3 Å². The fourth-order valence-corrected chi connectivity index (χ4v) is 1.25. The van der Waals surface area contributed by atoms with E-state index >= 15 is 0 Å². The summed E-state index contributed by atoms with van der Waals surface area (Å²) in [4.78, 5) is 0. The van der Waals surface area contributed by atoms with Crippen LogP contribution < -0.4 is 16.0 Å². The van der Waals surface area contributed by atoms with Crippen molar-refractivity contribution in [2.24, 2.45) is 5.84 Å². The van der Waals surface area contributed by atoms with Crippen LogP contribution in [-0.2, 0) is 0 Å². The van der Waals surface area contributed by atoms with Gasteiger partial charge in [0.15, 0.2) is 11.5 Å². The molecule has 0 aliphatic carbocycles. The summed E-state index contributed by atoms with van der Waals surface area (Å²) >= 11 is 3.15. The van der Waals surface area contributed by atoms with Gasteiger partial charge >= 0.3 is 0 Å². The van der Waals surface area contributed by atoms with Gasteiger partial charge in [-0.25, -0.2) is 0 Å². The molecule has 4 nitrogen and oxygen atoms in total. The Morgan fingerprint density at radius 1 is 1.58 bits per heavy atom. The molecule has 0 aromatic heterocycles. The lowest BCUT2D eigenvalue weighted by Gasteiger charge is -2.07. The molecule has 1 rings (SSSR count). The number of phenols is 1. The zero-order valence-corrected chi connectivity index (χ0v) is 8.05. The van der Waals surface area contributed by atoms with Gasteiger partial charge in [-0.3, -0.25) is 5.84 Å². The minimum absolute atomic E-state index is 0.0662. The number of hydrogen-bond donors (Lipinski definition) is 3. The first-order valence-corrected chi connectivity index (χ1v) is 4.01. The van der Waals surface area contributed by atoms with Crippen LogP contribution in [0.25, 0.3) is 0 Å². The minimum Gasteiger partial charge on any atom is -0.503 e. The third-order valence-electron chi connectivity index (χ3n) is 1.42. The van der Waals surface area contributed by atoms with E-state index in [1.165, 1.54) is 7.11 Å². The summed E-state index contributed by atoms with van der Waals surface area (Å²) in [7, 11) is 1.47. The number of halogens is 1. The van der Waals surface area contributed by atoms with Gasteiger partial charge in [-0.15, -0.1) is 0 Å². The van der Waals surface area contributed by atoms with E-state index in [1.54, 1.807) is 12.1 Å². The van der Waals surface area contributed by atoms with Gasteiger partial charge in [0, 0.05) is 6.07 Å². The SMILES string of the molecule is COc1cc(NN)cc(Br)c1O. The lowest BCUT2D eigenvalue weighted by atomic mass is 10.3.